The van der Waals surface area contributed by atoms with E-state index in [4.69, 9.17) is 9.84 Å². The molecule has 0 aliphatic rings. The van der Waals surface area contributed by atoms with Crippen molar-refractivity contribution in [1.82, 2.24) is 9.55 Å². The van der Waals surface area contributed by atoms with Crippen LogP contribution in [0.5, 0.6) is 5.75 Å². The molecule has 4 rings (SSSR count). The third-order valence-corrected chi connectivity index (χ3v) is 5.20. The third-order valence-electron chi connectivity index (χ3n) is 5.20. The number of rotatable bonds is 9. The monoisotopic (exact) mass is 428 g/mol. The Labute approximate surface area is 185 Å². The first kappa shape index (κ1) is 21.2. The van der Waals surface area contributed by atoms with Crippen LogP contribution in [0.3, 0.4) is 0 Å². The van der Waals surface area contributed by atoms with Gasteiger partial charge in [0.15, 0.2) is 6.61 Å². The van der Waals surface area contributed by atoms with E-state index in [1.807, 2.05) is 78.9 Å². The van der Waals surface area contributed by atoms with E-state index in [9.17, 15) is 9.59 Å². The van der Waals surface area contributed by atoms with Gasteiger partial charge in [0, 0.05) is 17.7 Å². The maximum atomic E-state index is 12.9. The number of aromatic amines is 1. The molecule has 0 spiro atoms. The summed E-state index contributed by atoms with van der Waals surface area (Å²) >= 11 is 0. The highest BCUT2D eigenvalue weighted by Crippen LogP contribution is 2.30. The van der Waals surface area contributed by atoms with E-state index < -0.39 is 5.97 Å². The third kappa shape index (κ3) is 4.98. The van der Waals surface area contributed by atoms with Gasteiger partial charge in [-0.15, -0.1) is 0 Å². The number of H-pyrrole nitrogens is 1. The van der Waals surface area contributed by atoms with E-state index in [-0.39, 0.29) is 12.3 Å². The van der Waals surface area contributed by atoms with Gasteiger partial charge in [-0.3, -0.25) is 4.57 Å². The van der Waals surface area contributed by atoms with Crippen LogP contribution in [0.1, 0.15) is 12.0 Å². The number of carbonyl (C=O) groups is 1. The van der Waals surface area contributed by atoms with Crippen molar-refractivity contribution in [3.05, 3.63) is 101 Å². The summed E-state index contributed by atoms with van der Waals surface area (Å²) in [5.41, 5.74) is 4.52. The molecule has 0 saturated heterocycles. The fourth-order valence-electron chi connectivity index (χ4n) is 3.77. The number of aryl methyl sites for hydroxylation is 1. The molecule has 0 radical (unpaired) electrons. The van der Waals surface area contributed by atoms with Gasteiger partial charge in [0.2, 0.25) is 0 Å². The fourth-order valence-corrected chi connectivity index (χ4v) is 3.77. The number of carboxylic acid groups (broad SMARTS) is 1. The molecule has 162 valence electrons. The molecule has 2 N–H and O–H groups in total. The molecule has 3 aromatic carbocycles. The Kier molecular flexibility index (Phi) is 6.51. The standard InChI is InChI=1S/C26H24N2O4/c29-23(30)18-32-22-15-7-9-19(17-22)10-8-16-28-25(21-13-5-2-6-14-21)24(27-26(28)31)20-11-3-1-4-12-20/h1-7,9,11-15,17H,8,10,16,18H2,(H,27,31)(H,29,30). The second-order valence-corrected chi connectivity index (χ2v) is 7.47. The lowest BCUT2D eigenvalue weighted by atomic mass is 10.0. The zero-order valence-corrected chi connectivity index (χ0v) is 17.5. The lowest BCUT2D eigenvalue weighted by Crippen LogP contribution is -2.18. The predicted molar refractivity (Wildman–Crippen MR) is 124 cm³/mol. The number of nitrogens with one attached hydrogen (secondary N) is 1. The quantitative estimate of drug-likeness (QED) is 0.408. The topological polar surface area (TPSA) is 84.3 Å². The number of ether oxygens (including phenoxy) is 1. The number of benzene rings is 3. The van der Waals surface area contributed by atoms with Gasteiger partial charge in [-0.25, -0.2) is 9.59 Å². The number of hydrogen-bond donors (Lipinski definition) is 2. The van der Waals surface area contributed by atoms with E-state index in [0.717, 1.165) is 40.9 Å². The van der Waals surface area contributed by atoms with E-state index in [2.05, 4.69) is 4.98 Å². The minimum absolute atomic E-state index is 0.138. The van der Waals surface area contributed by atoms with Gasteiger partial charge in [-0.2, -0.15) is 0 Å². The molecule has 0 aliphatic heterocycles. The zero-order chi connectivity index (χ0) is 22.3. The van der Waals surface area contributed by atoms with Gasteiger partial charge in [-0.05, 0) is 30.5 Å². The highest BCUT2D eigenvalue weighted by atomic mass is 16.5. The average molecular weight is 428 g/mol. The first-order valence-corrected chi connectivity index (χ1v) is 10.5. The van der Waals surface area contributed by atoms with E-state index in [1.165, 1.54) is 0 Å². The molecular formula is C26H24N2O4. The highest BCUT2D eigenvalue weighted by molar-refractivity contribution is 5.78. The maximum absolute atomic E-state index is 12.9. The van der Waals surface area contributed by atoms with Crippen LogP contribution in [-0.2, 0) is 17.8 Å². The first-order valence-electron chi connectivity index (χ1n) is 10.5. The summed E-state index contributed by atoms with van der Waals surface area (Å²) in [5, 5.41) is 8.78. The van der Waals surface area contributed by atoms with Crippen LogP contribution in [0.2, 0.25) is 0 Å². The Hall–Kier alpha value is -4.06. The molecule has 6 heteroatoms. The lowest BCUT2D eigenvalue weighted by molar-refractivity contribution is -0.139. The molecule has 0 amide bonds. The predicted octanol–water partition coefficient (Wildman–Crippen LogP) is 4.61. The van der Waals surface area contributed by atoms with Gasteiger partial charge in [-0.1, -0.05) is 72.8 Å². The van der Waals surface area contributed by atoms with Crippen LogP contribution in [0.4, 0.5) is 0 Å². The number of imidazole rings is 1. The molecule has 0 bridgehead atoms. The summed E-state index contributed by atoms with van der Waals surface area (Å²) in [6.07, 6.45) is 1.48. The van der Waals surface area contributed by atoms with E-state index in [0.29, 0.717) is 12.3 Å². The SMILES string of the molecule is O=C(O)COc1cccc(CCCn2c(-c3ccccc3)c(-c3ccccc3)[nH]c2=O)c1. The number of aliphatic carboxylic acids is 1. The largest absolute Gasteiger partial charge is 0.482 e. The second-order valence-electron chi connectivity index (χ2n) is 7.47. The Balaban J connectivity index is 1.57. The van der Waals surface area contributed by atoms with Crippen molar-refractivity contribution >= 4 is 5.97 Å². The van der Waals surface area contributed by atoms with Gasteiger partial charge < -0.3 is 14.8 Å². The fraction of sp³-hybridized carbons (Fsp3) is 0.154. The molecule has 0 saturated carbocycles. The van der Waals surface area contributed by atoms with Crippen LogP contribution in [0.25, 0.3) is 22.5 Å². The lowest BCUT2D eigenvalue weighted by Gasteiger charge is -2.11. The van der Waals surface area contributed by atoms with Crippen molar-refractivity contribution in [3.8, 4) is 28.3 Å². The van der Waals surface area contributed by atoms with Crippen molar-refractivity contribution in [1.29, 1.82) is 0 Å². The summed E-state index contributed by atoms with van der Waals surface area (Å²) in [4.78, 5) is 26.6. The number of carboxylic acids is 1. The smallest absolute Gasteiger partial charge is 0.341 e. The number of hydrogen-bond acceptors (Lipinski definition) is 3. The van der Waals surface area contributed by atoms with Gasteiger partial charge in [0.1, 0.15) is 5.75 Å². The minimum atomic E-state index is -1.01. The second kappa shape index (κ2) is 9.83. The van der Waals surface area contributed by atoms with Gasteiger partial charge in [0.05, 0.1) is 11.4 Å². The number of nitrogens with zero attached hydrogens (tertiary/aromatic N) is 1. The summed E-state index contributed by atoms with van der Waals surface area (Å²) in [6, 6.07) is 27.2. The van der Waals surface area contributed by atoms with E-state index >= 15 is 0 Å². The molecule has 32 heavy (non-hydrogen) atoms. The van der Waals surface area contributed by atoms with Crippen LogP contribution in [0, 0.1) is 0 Å². The van der Waals surface area contributed by atoms with Gasteiger partial charge in [0.25, 0.3) is 0 Å². The molecular weight excluding hydrogens is 404 g/mol. The van der Waals surface area contributed by atoms with Crippen molar-refractivity contribution < 1.29 is 14.6 Å². The Morgan fingerprint density at radius 1 is 0.906 bits per heavy atom. The number of aromatic nitrogens is 2. The Morgan fingerprint density at radius 2 is 1.59 bits per heavy atom. The van der Waals surface area contributed by atoms with Crippen molar-refractivity contribution in [2.24, 2.45) is 0 Å². The zero-order valence-electron chi connectivity index (χ0n) is 17.5. The summed E-state index contributed by atoms with van der Waals surface area (Å²) in [7, 11) is 0. The molecule has 1 heterocycles. The molecule has 6 nitrogen and oxygen atoms in total. The summed E-state index contributed by atoms with van der Waals surface area (Å²) in [5.74, 6) is -0.482. The van der Waals surface area contributed by atoms with Crippen molar-refractivity contribution in [2.45, 2.75) is 19.4 Å². The summed E-state index contributed by atoms with van der Waals surface area (Å²) < 4.78 is 7.06. The molecule has 0 aliphatic carbocycles. The van der Waals surface area contributed by atoms with Crippen LogP contribution >= 0.6 is 0 Å². The van der Waals surface area contributed by atoms with Crippen molar-refractivity contribution in [3.63, 3.8) is 0 Å². The van der Waals surface area contributed by atoms with Crippen LogP contribution in [-0.4, -0.2) is 27.2 Å². The van der Waals surface area contributed by atoms with Crippen molar-refractivity contribution in [2.75, 3.05) is 6.61 Å². The summed E-state index contributed by atoms with van der Waals surface area (Å²) in [6.45, 7) is 0.178. The molecule has 0 unspecified atom stereocenters. The molecule has 0 atom stereocenters. The minimum Gasteiger partial charge on any atom is -0.482 e. The average Bonchev–Trinajstić information content (AvgIpc) is 3.15. The maximum Gasteiger partial charge on any atom is 0.341 e. The Bertz CT molecular complexity index is 1240. The highest BCUT2D eigenvalue weighted by Gasteiger charge is 2.17. The first-order chi connectivity index (χ1) is 15.6. The molecule has 4 aromatic rings. The molecule has 0 fully saturated rings. The van der Waals surface area contributed by atoms with Crippen LogP contribution < -0.4 is 10.4 Å². The van der Waals surface area contributed by atoms with E-state index in [1.54, 1.807) is 10.6 Å². The molecule has 1 aromatic heterocycles. The van der Waals surface area contributed by atoms with Crippen LogP contribution in [0.15, 0.2) is 89.7 Å². The van der Waals surface area contributed by atoms with Gasteiger partial charge >= 0.3 is 11.7 Å². The normalized spacial score (nSPS) is 10.8. The Morgan fingerprint density at radius 3 is 2.28 bits per heavy atom.